The third kappa shape index (κ3) is 9.37. The summed E-state index contributed by atoms with van der Waals surface area (Å²) in [6.45, 7) is 7.23. The first-order valence-electron chi connectivity index (χ1n) is 12.8. The van der Waals surface area contributed by atoms with Crippen molar-refractivity contribution in [1.82, 2.24) is 0 Å². The minimum Gasteiger partial charge on any atom is -0.457 e. The van der Waals surface area contributed by atoms with E-state index in [4.69, 9.17) is 23.7 Å². The molecule has 0 aromatic rings. The molecule has 3 heterocycles. The van der Waals surface area contributed by atoms with Crippen molar-refractivity contribution in [3.63, 3.8) is 0 Å². The maximum absolute atomic E-state index is 12.0. The molecule has 3 aliphatic heterocycles. The molecule has 0 saturated carbocycles. The quantitative estimate of drug-likeness (QED) is 0.187. The number of hydrogen-bond donors (Lipinski definition) is 0. The summed E-state index contributed by atoms with van der Waals surface area (Å²) in [7, 11) is 0. The summed E-state index contributed by atoms with van der Waals surface area (Å²) in [6.07, 6.45) is 14.9. The van der Waals surface area contributed by atoms with Gasteiger partial charge in [-0.2, -0.15) is 0 Å². The van der Waals surface area contributed by atoms with Gasteiger partial charge in [0.15, 0.2) is 6.29 Å². The van der Waals surface area contributed by atoms with Gasteiger partial charge in [-0.25, -0.2) is 0 Å². The molecular formula is C25H44O6. The van der Waals surface area contributed by atoms with E-state index in [-0.39, 0.29) is 18.4 Å². The molecule has 180 valence electrons. The zero-order valence-electron chi connectivity index (χ0n) is 19.9. The molecular weight excluding hydrogens is 396 g/mol. The van der Waals surface area contributed by atoms with Gasteiger partial charge in [0.1, 0.15) is 6.10 Å². The van der Waals surface area contributed by atoms with E-state index in [9.17, 15) is 4.79 Å². The molecule has 4 atom stereocenters. The first-order valence-corrected chi connectivity index (χ1v) is 12.8. The second kappa shape index (κ2) is 13.1. The van der Waals surface area contributed by atoms with Crippen molar-refractivity contribution in [2.45, 2.75) is 135 Å². The summed E-state index contributed by atoms with van der Waals surface area (Å²) in [5.41, 5.74) is 0. The Kier molecular flexibility index (Phi) is 10.6. The highest BCUT2D eigenvalue weighted by Gasteiger charge is 2.47. The number of ether oxygens (including phenoxy) is 5. The standard InChI is InChI=1S/C25H44O6/c1-4-5-9-12-20-22(30-20)15-23-21(31-23)13-10-7-6-8-11-14-24(26)29-19-16-27-25(18(2)3)28-17-19/h18-23,25H,4-17H2,1-3H3. The van der Waals surface area contributed by atoms with Gasteiger partial charge < -0.3 is 23.7 Å². The lowest BCUT2D eigenvalue weighted by molar-refractivity contribution is -0.239. The second-order valence-corrected chi connectivity index (χ2v) is 9.85. The Hall–Kier alpha value is -0.690. The molecule has 4 unspecified atom stereocenters. The summed E-state index contributed by atoms with van der Waals surface area (Å²) < 4.78 is 28.2. The highest BCUT2D eigenvalue weighted by molar-refractivity contribution is 5.69. The van der Waals surface area contributed by atoms with Crippen LogP contribution in [-0.2, 0) is 28.5 Å². The van der Waals surface area contributed by atoms with E-state index in [0.717, 1.165) is 19.3 Å². The molecule has 6 nitrogen and oxygen atoms in total. The second-order valence-electron chi connectivity index (χ2n) is 9.85. The normalized spacial score (nSPS) is 32.3. The topological polar surface area (TPSA) is 69.8 Å². The van der Waals surface area contributed by atoms with Gasteiger partial charge in [0.2, 0.25) is 0 Å². The molecule has 0 N–H and O–H groups in total. The number of carbonyl (C=O) groups is 1. The van der Waals surface area contributed by atoms with Crippen molar-refractivity contribution >= 4 is 5.97 Å². The number of hydrogen-bond acceptors (Lipinski definition) is 6. The molecule has 0 aromatic heterocycles. The first-order chi connectivity index (χ1) is 15.1. The Balaban J connectivity index is 1.09. The molecule has 3 saturated heterocycles. The average molecular weight is 441 g/mol. The SMILES string of the molecule is CCCCCC1OC1CC1OC1CCCCCCCC(=O)OC1COC(C(C)C)OC1. The minimum absolute atomic E-state index is 0.135. The molecule has 3 rings (SSSR count). The molecule has 6 heteroatoms. The third-order valence-corrected chi connectivity index (χ3v) is 6.54. The highest BCUT2D eigenvalue weighted by Crippen LogP contribution is 2.39. The molecule has 3 fully saturated rings. The van der Waals surface area contributed by atoms with Crippen LogP contribution in [0.5, 0.6) is 0 Å². The van der Waals surface area contributed by atoms with E-state index < -0.39 is 0 Å². The van der Waals surface area contributed by atoms with Gasteiger partial charge in [0.05, 0.1) is 37.6 Å². The third-order valence-electron chi connectivity index (χ3n) is 6.54. The van der Waals surface area contributed by atoms with Gasteiger partial charge in [-0.1, -0.05) is 65.7 Å². The maximum atomic E-state index is 12.0. The predicted octanol–water partition coefficient (Wildman–Crippen LogP) is 5.16. The Morgan fingerprint density at radius 3 is 2.03 bits per heavy atom. The van der Waals surface area contributed by atoms with Crippen LogP contribution in [0.25, 0.3) is 0 Å². The fraction of sp³-hybridized carbons (Fsp3) is 0.960. The van der Waals surface area contributed by atoms with E-state index in [2.05, 4.69) is 20.8 Å². The van der Waals surface area contributed by atoms with E-state index in [1.54, 1.807) is 0 Å². The maximum Gasteiger partial charge on any atom is 0.306 e. The van der Waals surface area contributed by atoms with Crippen LogP contribution in [0.2, 0.25) is 0 Å². The van der Waals surface area contributed by atoms with Crippen LogP contribution < -0.4 is 0 Å². The average Bonchev–Trinajstić information content (AvgIpc) is 3.67. The van der Waals surface area contributed by atoms with E-state index in [1.165, 1.54) is 51.4 Å². The van der Waals surface area contributed by atoms with E-state index in [0.29, 0.717) is 50.0 Å². The highest BCUT2D eigenvalue weighted by atomic mass is 16.7. The fourth-order valence-corrected chi connectivity index (χ4v) is 4.45. The predicted molar refractivity (Wildman–Crippen MR) is 119 cm³/mol. The Bertz CT molecular complexity index is 516. The Morgan fingerprint density at radius 2 is 1.42 bits per heavy atom. The van der Waals surface area contributed by atoms with Crippen LogP contribution >= 0.6 is 0 Å². The summed E-state index contributed by atoms with van der Waals surface area (Å²) in [5, 5.41) is 0. The molecule has 0 bridgehead atoms. The fourth-order valence-electron chi connectivity index (χ4n) is 4.45. The number of esters is 1. The number of carbonyl (C=O) groups excluding carboxylic acids is 1. The monoisotopic (exact) mass is 440 g/mol. The summed E-state index contributed by atoms with van der Waals surface area (Å²) >= 11 is 0. The smallest absolute Gasteiger partial charge is 0.306 e. The zero-order valence-corrected chi connectivity index (χ0v) is 19.9. The van der Waals surface area contributed by atoms with Crippen molar-refractivity contribution in [1.29, 1.82) is 0 Å². The molecule has 3 aliphatic rings. The van der Waals surface area contributed by atoms with Crippen LogP contribution in [0.15, 0.2) is 0 Å². The largest absolute Gasteiger partial charge is 0.457 e. The lowest BCUT2D eigenvalue weighted by Gasteiger charge is -2.31. The van der Waals surface area contributed by atoms with Crippen molar-refractivity contribution in [2.24, 2.45) is 5.92 Å². The summed E-state index contributed by atoms with van der Waals surface area (Å²) in [6, 6.07) is 0. The molecule has 0 spiro atoms. The first kappa shape index (κ1) is 24.9. The number of rotatable bonds is 16. The van der Waals surface area contributed by atoms with Crippen LogP contribution in [0.3, 0.4) is 0 Å². The van der Waals surface area contributed by atoms with Gasteiger partial charge >= 0.3 is 5.97 Å². The zero-order chi connectivity index (χ0) is 22.1. The minimum atomic E-state index is -0.262. The number of epoxide rings is 2. The number of unbranched alkanes of at least 4 members (excludes halogenated alkanes) is 6. The Morgan fingerprint density at radius 1 is 0.839 bits per heavy atom. The summed E-state index contributed by atoms with van der Waals surface area (Å²) in [4.78, 5) is 12.0. The van der Waals surface area contributed by atoms with Gasteiger partial charge in [-0.15, -0.1) is 0 Å². The lowest BCUT2D eigenvalue weighted by Crippen LogP contribution is -2.40. The van der Waals surface area contributed by atoms with Crippen molar-refractivity contribution in [2.75, 3.05) is 13.2 Å². The van der Waals surface area contributed by atoms with Crippen LogP contribution in [0, 0.1) is 5.92 Å². The molecule has 31 heavy (non-hydrogen) atoms. The molecule has 0 radical (unpaired) electrons. The van der Waals surface area contributed by atoms with E-state index in [1.807, 2.05) is 0 Å². The van der Waals surface area contributed by atoms with Crippen molar-refractivity contribution in [3.8, 4) is 0 Å². The molecule has 0 aliphatic carbocycles. The molecule has 0 aromatic carbocycles. The van der Waals surface area contributed by atoms with Gasteiger partial charge in [0, 0.05) is 18.8 Å². The lowest BCUT2D eigenvalue weighted by atomic mass is 10.0. The molecule has 0 amide bonds. The van der Waals surface area contributed by atoms with Crippen LogP contribution in [0.4, 0.5) is 0 Å². The van der Waals surface area contributed by atoms with Crippen molar-refractivity contribution in [3.05, 3.63) is 0 Å². The van der Waals surface area contributed by atoms with Crippen LogP contribution in [0.1, 0.15) is 97.8 Å². The Labute approximate surface area is 188 Å². The van der Waals surface area contributed by atoms with E-state index >= 15 is 0 Å². The summed E-state index contributed by atoms with van der Waals surface area (Å²) in [5.74, 6) is 0.179. The van der Waals surface area contributed by atoms with Gasteiger partial charge in [-0.3, -0.25) is 4.79 Å². The van der Waals surface area contributed by atoms with Crippen molar-refractivity contribution < 1.29 is 28.5 Å². The van der Waals surface area contributed by atoms with Crippen LogP contribution in [-0.4, -0.2) is 56.0 Å². The van der Waals surface area contributed by atoms with Gasteiger partial charge in [0.25, 0.3) is 0 Å². The van der Waals surface area contributed by atoms with Gasteiger partial charge in [-0.05, 0) is 19.3 Å².